The summed E-state index contributed by atoms with van der Waals surface area (Å²) >= 11 is 4.95. The summed E-state index contributed by atoms with van der Waals surface area (Å²) < 4.78 is 1.04. The van der Waals surface area contributed by atoms with Crippen LogP contribution in [-0.4, -0.2) is 12.2 Å². The van der Waals surface area contributed by atoms with Crippen molar-refractivity contribution in [2.75, 3.05) is 0 Å². The van der Waals surface area contributed by atoms with Crippen molar-refractivity contribution in [3.8, 4) is 0 Å². The molecule has 0 aliphatic rings. The molecule has 0 spiro atoms. The lowest BCUT2D eigenvalue weighted by atomic mass is 10.4. The summed E-state index contributed by atoms with van der Waals surface area (Å²) in [6.45, 7) is 1.99. The fourth-order valence-corrected chi connectivity index (χ4v) is 2.14. The topological polar surface area (TPSA) is 67.5 Å². The van der Waals surface area contributed by atoms with Crippen LogP contribution in [-0.2, 0) is 0 Å². The number of hydrogen-bond donors (Lipinski definition) is 2. The van der Waals surface area contributed by atoms with Crippen LogP contribution >= 0.6 is 27.3 Å². The average molecular weight is 262 g/mol. The van der Waals surface area contributed by atoms with E-state index in [1.54, 1.807) is 17.6 Å². The highest BCUT2D eigenvalue weighted by Gasteiger charge is 1.99. The minimum absolute atomic E-state index is 0.663. The fourth-order valence-electron chi connectivity index (χ4n) is 0.705. The van der Waals surface area contributed by atoms with Crippen molar-refractivity contribution >= 4 is 39.5 Å². The van der Waals surface area contributed by atoms with E-state index in [1.807, 2.05) is 13.0 Å². The third kappa shape index (κ3) is 3.16. The van der Waals surface area contributed by atoms with Gasteiger partial charge in [0.2, 0.25) is 0 Å². The van der Waals surface area contributed by atoms with E-state index >= 15 is 0 Å². The Bertz CT molecular complexity index is 328. The summed E-state index contributed by atoms with van der Waals surface area (Å²) in [5, 5.41) is 3.64. The highest BCUT2D eigenvalue weighted by molar-refractivity contribution is 9.10. The van der Waals surface area contributed by atoms with Crippen LogP contribution in [0.1, 0.15) is 9.75 Å². The molecule has 1 rings (SSSR count). The van der Waals surface area contributed by atoms with Crippen molar-refractivity contribution in [3.05, 3.63) is 20.3 Å². The van der Waals surface area contributed by atoms with Crippen LogP contribution in [0.25, 0.3) is 0 Å². The number of nitrogens with two attached hydrogens (primary N) is 1. The summed E-state index contributed by atoms with van der Waals surface area (Å²) in [6.07, 6.45) is 1.55. The first-order chi connectivity index (χ1) is 6.09. The Hall–Kier alpha value is -0.880. The van der Waals surface area contributed by atoms with E-state index in [1.165, 1.54) is 4.88 Å². The highest BCUT2D eigenvalue weighted by atomic mass is 79.9. The molecule has 0 radical (unpaired) electrons. The molecule has 6 heteroatoms. The first kappa shape index (κ1) is 10.2. The van der Waals surface area contributed by atoms with Crippen molar-refractivity contribution in [2.24, 2.45) is 10.8 Å². The zero-order chi connectivity index (χ0) is 9.84. The lowest BCUT2D eigenvalue weighted by Crippen LogP contribution is -2.24. The molecule has 0 saturated carbocycles. The second kappa shape index (κ2) is 4.38. The van der Waals surface area contributed by atoms with Gasteiger partial charge in [-0.2, -0.15) is 5.10 Å². The van der Waals surface area contributed by atoms with E-state index in [2.05, 4.69) is 26.5 Å². The molecular formula is C7H8BrN3OS. The van der Waals surface area contributed by atoms with Crippen LogP contribution in [0, 0.1) is 6.92 Å². The van der Waals surface area contributed by atoms with Gasteiger partial charge in [0.05, 0.1) is 6.21 Å². The molecule has 1 aromatic heterocycles. The summed E-state index contributed by atoms with van der Waals surface area (Å²) in [4.78, 5) is 12.4. The second-order valence-corrected chi connectivity index (χ2v) is 4.43. The number of rotatable bonds is 2. The number of nitrogens with zero attached hydrogens (tertiary/aromatic N) is 1. The maximum absolute atomic E-state index is 10.3. The van der Waals surface area contributed by atoms with Gasteiger partial charge in [-0.15, -0.1) is 11.3 Å². The number of urea groups is 1. The van der Waals surface area contributed by atoms with Gasteiger partial charge in [0.25, 0.3) is 0 Å². The van der Waals surface area contributed by atoms with Gasteiger partial charge < -0.3 is 5.73 Å². The van der Waals surface area contributed by atoms with Gasteiger partial charge in [0, 0.05) is 14.2 Å². The predicted molar refractivity (Wildman–Crippen MR) is 57.1 cm³/mol. The van der Waals surface area contributed by atoms with E-state index < -0.39 is 6.03 Å². The standard InChI is InChI=1S/C7H8BrN3OS/c1-4-6(8)2-5(13-4)3-10-11-7(9)12/h2-3H,1H3,(H3,9,11,12). The van der Waals surface area contributed by atoms with E-state index in [0.29, 0.717) is 0 Å². The van der Waals surface area contributed by atoms with Crippen LogP contribution in [0.4, 0.5) is 4.79 Å². The zero-order valence-electron chi connectivity index (χ0n) is 6.87. The van der Waals surface area contributed by atoms with Gasteiger partial charge in [0.15, 0.2) is 0 Å². The Morgan fingerprint density at radius 1 is 1.85 bits per heavy atom. The number of aryl methyl sites for hydroxylation is 1. The zero-order valence-corrected chi connectivity index (χ0v) is 9.28. The third-order valence-electron chi connectivity index (χ3n) is 1.24. The Kier molecular flexibility index (Phi) is 3.44. The highest BCUT2D eigenvalue weighted by Crippen LogP contribution is 2.24. The van der Waals surface area contributed by atoms with Crippen LogP contribution < -0.4 is 11.2 Å². The first-order valence-electron chi connectivity index (χ1n) is 3.44. The molecule has 0 aliphatic heterocycles. The monoisotopic (exact) mass is 261 g/mol. The number of amides is 2. The Morgan fingerprint density at radius 2 is 2.54 bits per heavy atom. The minimum Gasteiger partial charge on any atom is -0.350 e. The third-order valence-corrected chi connectivity index (χ3v) is 3.31. The second-order valence-electron chi connectivity index (χ2n) is 2.29. The van der Waals surface area contributed by atoms with Gasteiger partial charge in [-0.05, 0) is 28.9 Å². The van der Waals surface area contributed by atoms with Crippen molar-refractivity contribution in [2.45, 2.75) is 6.92 Å². The quantitative estimate of drug-likeness (QED) is 0.619. The largest absolute Gasteiger partial charge is 0.350 e. The molecule has 3 N–H and O–H groups in total. The molecule has 0 unspecified atom stereocenters. The molecule has 0 bridgehead atoms. The van der Waals surface area contributed by atoms with Gasteiger partial charge in [-0.25, -0.2) is 10.2 Å². The maximum Gasteiger partial charge on any atom is 0.332 e. The molecule has 0 aromatic carbocycles. The van der Waals surface area contributed by atoms with E-state index in [-0.39, 0.29) is 0 Å². The molecule has 1 heterocycles. The summed E-state index contributed by atoms with van der Waals surface area (Å²) in [5.41, 5.74) is 6.94. The summed E-state index contributed by atoms with van der Waals surface area (Å²) in [5.74, 6) is 0. The van der Waals surface area contributed by atoms with Gasteiger partial charge in [-0.1, -0.05) is 0 Å². The normalized spacial score (nSPS) is 10.6. The van der Waals surface area contributed by atoms with Crippen molar-refractivity contribution in [1.82, 2.24) is 5.43 Å². The number of carbonyl (C=O) groups excluding carboxylic acids is 1. The number of hydrogen-bond acceptors (Lipinski definition) is 3. The van der Waals surface area contributed by atoms with Crippen LogP contribution in [0.15, 0.2) is 15.6 Å². The number of thiophene rings is 1. The lowest BCUT2D eigenvalue weighted by molar-refractivity contribution is 0.249. The Balaban J connectivity index is 2.64. The van der Waals surface area contributed by atoms with Gasteiger partial charge in [0.1, 0.15) is 0 Å². The average Bonchev–Trinajstić information content (AvgIpc) is 2.30. The molecule has 4 nitrogen and oxygen atoms in total. The van der Waals surface area contributed by atoms with Gasteiger partial charge in [-0.3, -0.25) is 0 Å². The molecule has 0 atom stereocenters. The maximum atomic E-state index is 10.3. The van der Waals surface area contributed by atoms with Crippen molar-refractivity contribution in [3.63, 3.8) is 0 Å². The Labute approximate surface area is 88.0 Å². The van der Waals surface area contributed by atoms with E-state index in [0.717, 1.165) is 9.35 Å². The molecule has 1 aromatic rings. The number of halogens is 1. The first-order valence-corrected chi connectivity index (χ1v) is 5.05. The fraction of sp³-hybridized carbons (Fsp3) is 0.143. The van der Waals surface area contributed by atoms with Crippen molar-refractivity contribution in [1.29, 1.82) is 0 Å². The molecule has 2 amide bonds. The summed E-state index contributed by atoms with van der Waals surface area (Å²) in [7, 11) is 0. The lowest BCUT2D eigenvalue weighted by Gasteiger charge is -1.88. The molecule has 0 fully saturated rings. The smallest absolute Gasteiger partial charge is 0.332 e. The number of primary amides is 1. The van der Waals surface area contributed by atoms with Crippen LogP contribution in [0.5, 0.6) is 0 Å². The molecule has 0 saturated heterocycles. The molecular weight excluding hydrogens is 254 g/mol. The number of hydrazone groups is 1. The van der Waals surface area contributed by atoms with Crippen LogP contribution in [0.2, 0.25) is 0 Å². The predicted octanol–water partition coefficient (Wildman–Crippen LogP) is 1.82. The molecule has 0 aliphatic carbocycles. The van der Waals surface area contributed by atoms with Crippen LogP contribution in [0.3, 0.4) is 0 Å². The van der Waals surface area contributed by atoms with Gasteiger partial charge >= 0.3 is 6.03 Å². The molecule has 13 heavy (non-hydrogen) atoms. The number of nitrogens with one attached hydrogen (secondary N) is 1. The Morgan fingerprint density at radius 3 is 3.00 bits per heavy atom. The van der Waals surface area contributed by atoms with E-state index in [9.17, 15) is 4.79 Å². The SMILES string of the molecule is Cc1sc(C=NNC(N)=O)cc1Br. The van der Waals surface area contributed by atoms with E-state index in [4.69, 9.17) is 5.73 Å². The van der Waals surface area contributed by atoms with Crippen molar-refractivity contribution < 1.29 is 4.79 Å². The summed E-state index contributed by atoms with van der Waals surface area (Å²) in [6, 6.07) is 1.26. The number of carbonyl (C=O) groups is 1. The minimum atomic E-state index is -0.663. The molecule has 70 valence electrons.